The van der Waals surface area contributed by atoms with E-state index in [9.17, 15) is 13.6 Å². The minimum absolute atomic E-state index is 0.0199. The number of halogens is 2. The number of imidazole rings is 1. The Balaban J connectivity index is 1.35. The van der Waals surface area contributed by atoms with Crippen molar-refractivity contribution in [2.24, 2.45) is 7.05 Å². The highest BCUT2D eigenvalue weighted by atomic mass is 19.1. The molecule has 0 aliphatic heterocycles. The number of pyridine rings is 1. The third-order valence-corrected chi connectivity index (χ3v) is 5.84. The van der Waals surface area contributed by atoms with Crippen molar-refractivity contribution in [2.75, 3.05) is 0 Å². The fourth-order valence-corrected chi connectivity index (χ4v) is 4.24. The van der Waals surface area contributed by atoms with E-state index in [1.54, 1.807) is 30.2 Å². The Bertz CT molecular complexity index is 1300. The summed E-state index contributed by atoms with van der Waals surface area (Å²) in [6.07, 6.45) is 5.88. The number of hydrogen-bond acceptors (Lipinski definition) is 4. The van der Waals surface area contributed by atoms with Gasteiger partial charge in [0, 0.05) is 37.5 Å². The molecule has 9 heteroatoms. The fourth-order valence-electron chi connectivity index (χ4n) is 4.24. The molecule has 0 saturated heterocycles. The Morgan fingerprint density at radius 2 is 2.16 bits per heavy atom. The van der Waals surface area contributed by atoms with Gasteiger partial charge in [0.15, 0.2) is 5.69 Å². The van der Waals surface area contributed by atoms with Gasteiger partial charge in [-0.2, -0.15) is 5.10 Å². The van der Waals surface area contributed by atoms with Crippen LogP contribution in [-0.4, -0.2) is 36.8 Å². The summed E-state index contributed by atoms with van der Waals surface area (Å²) < 4.78 is 29.4. The van der Waals surface area contributed by atoms with Crippen LogP contribution in [0.25, 0.3) is 22.2 Å². The molecular formula is C23H22F2N6O. The van der Waals surface area contributed by atoms with Crippen molar-refractivity contribution in [2.45, 2.75) is 37.9 Å². The average Bonchev–Trinajstić information content (AvgIpc) is 3.50. The number of rotatable bonds is 5. The second kappa shape index (κ2) is 8.14. The van der Waals surface area contributed by atoms with E-state index in [0.29, 0.717) is 40.8 Å². The van der Waals surface area contributed by atoms with Crippen molar-refractivity contribution in [1.29, 1.82) is 0 Å². The van der Waals surface area contributed by atoms with E-state index in [1.807, 2.05) is 6.07 Å². The number of aromatic amines is 1. The Kier molecular flexibility index (Phi) is 5.16. The van der Waals surface area contributed by atoms with Crippen LogP contribution >= 0.6 is 0 Å². The third-order valence-electron chi connectivity index (χ3n) is 5.84. The highest BCUT2D eigenvalue weighted by Gasteiger charge is 2.28. The molecule has 4 aromatic rings. The summed E-state index contributed by atoms with van der Waals surface area (Å²) in [6.45, 7) is 0.130. The van der Waals surface area contributed by atoms with Gasteiger partial charge in [-0.05, 0) is 54.7 Å². The lowest BCUT2D eigenvalue weighted by Crippen LogP contribution is -2.24. The Morgan fingerprint density at radius 1 is 1.28 bits per heavy atom. The molecule has 1 aliphatic rings. The molecule has 2 N–H and O–H groups in total. The molecule has 164 valence electrons. The highest BCUT2D eigenvalue weighted by Crippen LogP contribution is 2.35. The third kappa shape index (κ3) is 3.98. The van der Waals surface area contributed by atoms with Gasteiger partial charge >= 0.3 is 0 Å². The standard InChI is InChI=1S/C23H22F2N6O/c1-31-12-16(11-28-31)15-6-13(7-18(25)9-15)10-27-23(32)21-20-19(4-5-26-21)29-22(30-20)14-2-3-17(24)8-14/h4-7,9,11-12,14,17H,2-3,8,10H2,1H3,(H,27,32)(H,29,30). The lowest BCUT2D eigenvalue weighted by molar-refractivity contribution is 0.0947. The average molecular weight is 436 g/mol. The monoisotopic (exact) mass is 436 g/mol. The number of amides is 1. The summed E-state index contributed by atoms with van der Waals surface area (Å²) in [5.41, 5.74) is 3.42. The maximum absolute atomic E-state index is 14.2. The SMILES string of the molecule is Cn1cc(-c2cc(F)cc(CNC(=O)c3nccc4[nH]c(C5CCC(F)C5)nc34)c2)cn1. The first-order valence-electron chi connectivity index (χ1n) is 10.5. The van der Waals surface area contributed by atoms with Gasteiger partial charge in [-0.1, -0.05) is 0 Å². The molecule has 2 atom stereocenters. The second-order valence-electron chi connectivity index (χ2n) is 8.22. The number of fused-ring (bicyclic) bond motifs is 1. The maximum atomic E-state index is 14.2. The molecule has 1 saturated carbocycles. The molecular weight excluding hydrogens is 414 g/mol. The zero-order valence-electron chi connectivity index (χ0n) is 17.5. The molecule has 0 spiro atoms. The minimum atomic E-state index is -0.808. The molecule has 1 amide bonds. The van der Waals surface area contributed by atoms with Gasteiger partial charge in [0.05, 0.1) is 11.7 Å². The normalized spacial score (nSPS) is 18.3. The van der Waals surface area contributed by atoms with Gasteiger partial charge in [0.2, 0.25) is 0 Å². The van der Waals surface area contributed by atoms with Crippen LogP contribution in [0.2, 0.25) is 0 Å². The first-order chi connectivity index (χ1) is 15.5. The smallest absolute Gasteiger partial charge is 0.272 e. The topological polar surface area (TPSA) is 88.5 Å². The zero-order valence-corrected chi connectivity index (χ0v) is 17.5. The number of nitrogens with one attached hydrogen (secondary N) is 2. The van der Waals surface area contributed by atoms with Crippen LogP contribution in [0.4, 0.5) is 8.78 Å². The number of hydrogen-bond donors (Lipinski definition) is 2. The van der Waals surface area contributed by atoms with Gasteiger partial charge in [-0.15, -0.1) is 0 Å². The number of carbonyl (C=O) groups excluding carboxylic acids is 1. The largest absolute Gasteiger partial charge is 0.347 e. The lowest BCUT2D eigenvalue weighted by Gasteiger charge is -2.07. The maximum Gasteiger partial charge on any atom is 0.272 e. The number of alkyl halides is 1. The number of benzene rings is 1. The molecule has 32 heavy (non-hydrogen) atoms. The second-order valence-corrected chi connectivity index (χ2v) is 8.22. The molecule has 1 aliphatic carbocycles. The summed E-state index contributed by atoms with van der Waals surface area (Å²) in [6, 6.07) is 6.38. The fraction of sp³-hybridized carbons (Fsp3) is 0.304. The van der Waals surface area contributed by atoms with E-state index >= 15 is 0 Å². The summed E-state index contributed by atoms with van der Waals surface area (Å²) >= 11 is 0. The van der Waals surface area contributed by atoms with E-state index in [1.165, 1.54) is 18.3 Å². The van der Waals surface area contributed by atoms with Crippen molar-refractivity contribution < 1.29 is 13.6 Å². The molecule has 5 rings (SSSR count). The summed E-state index contributed by atoms with van der Waals surface area (Å²) in [4.78, 5) is 24.8. The lowest BCUT2D eigenvalue weighted by atomic mass is 10.1. The van der Waals surface area contributed by atoms with Crippen LogP contribution < -0.4 is 5.32 Å². The first kappa shape index (κ1) is 20.3. The van der Waals surface area contributed by atoms with Gasteiger partial charge in [-0.25, -0.2) is 18.7 Å². The van der Waals surface area contributed by atoms with Crippen molar-refractivity contribution in [3.63, 3.8) is 0 Å². The van der Waals surface area contributed by atoms with E-state index in [2.05, 4.69) is 25.4 Å². The summed E-state index contributed by atoms with van der Waals surface area (Å²) in [7, 11) is 1.79. The molecule has 3 heterocycles. The van der Waals surface area contributed by atoms with Gasteiger partial charge in [0.1, 0.15) is 23.3 Å². The van der Waals surface area contributed by atoms with E-state index < -0.39 is 17.9 Å². The van der Waals surface area contributed by atoms with Crippen LogP contribution in [0.3, 0.4) is 0 Å². The van der Waals surface area contributed by atoms with Crippen molar-refractivity contribution >= 4 is 16.9 Å². The van der Waals surface area contributed by atoms with Crippen LogP contribution in [0.1, 0.15) is 47.1 Å². The predicted molar refractivity (Wildman–Crippen MR) is 115 cm³/mol. The zero-order chi connectivity index (χ0) is 22.2. The first-order valence-corrected chi connectivity index (χ1v) is 10.5. The summed E-state index contributed by atoms with van der Waals surface area (Å²) in [5, 5.41) is 6.92. The number of aryl methyl sites for hydroxylation is 1. The quantitative estimate of drug-likeness (QED) is 0.494. The van der Waals surface area contributed by atoms with Gasteiger partial charge in [0.25, 0.3) is 5.91 Å². The molecule has 1 aromatic carbocycles. The van der Waals surface area contributed by atoms with E-state index in [-0.39, 0.29) is 18.2 Å². The van der Waals surface area contributed by atoms with Gasteiger partial charge < -0.3 is 10.3 Å². The number of carbonyl (C=O) groups is 1. The number of aromatic nitrogens is 5. The Hall–Kier alpha value is -3.62. The molecule has 0 bridgehead atoms. The summed E-state index contributed by atoms with van der Waals surface area (Å²) in [5.74, 6) is -0.0916. The Labute approximate surface area is 182 Å². The molecule has 0 radical (unpaired) electrons. The number of H-pyrrole nitrogens is 1. The van der Waals surface area contributed by atoms with Crippen molar-refractivity contribution in [3.05, 3.63) is 65.8 Å². The molecule has 2 unspecified atom stereocenters. The number of nitrogens with zero attached hydrogens (tertiary/aromatic N) is 4. The van der Waals surface area contributed by atoms with Crippen LogP contribution in [0, 0.1) is 5.82 Å². The molecule has 7 nitrogen and oxygen atoms in total. The Morgan fingerprint density at radius 3 is 2.91 bits per heavy atom. The van der Waals surface area contributed by atoms with Gasteiger partial charge in [-0.3, -0.25) is 9.48 Å². The van der Waals surface area contributed by atoms with Crippen LogP contribution in [-0.2, 0) is 13.6 Å². The molecule has 3 aromatic heterocycles. The molecule has 1 fully saturated rings. The predicted octanol–water partition coefficient (Wildman–Crippen LogP) is 4.03. The van der Waals surface area contributed by atoms with E-state index in [4.69, 9.17) is 0 Å². The van der Waals surface area contributed by atoms with Crippen LogP contribution in [0.15, 0.2) is 42.9 Å². The van der Waals surface area contributed by atoms with E-state index in [0.717, 1.165) is 12.0 Å². The van der Waals surface area contributed by atoms with Crippen molar-refractivity contribution in [1.82, 2.24) is 30.0 Å². The minimum Gasteiger partial charge on any atom is -0.347 e. The highest BCUT2D eigenvalue weighted by molar-refractivity contribution is 6.02. The van der Waals surface area contributed by atoms with Crippen molar-refractivity contribution in [3.8, 4) is 11.1 Å². The van der Waals surface area contributed by atoms with Crippen LogP contribution in [0.5, 0.6) is 0 Å².